The van der Waals surface area contributed by atoms with E-state index in [1.54, 1.807) is 12.1 Å². The fourth-order valence-electron chi connectivity index (χ4n) is 1.18. The van der Waals surface area contributed by atoms with Crippen molar-refractivity contribution < 1.29 is 4.79 Å². The zero-order chi connectivity index (χ0) is 11.4. The summed E-state index contributed by atoms with van der Waals surface area (Å²) < 4.78 is 3.53. The Balaban J connectivity index is 2.05. The number of aromatic nitrogens is 3. The van der Waals surface area contributed by atoms with Gasteiger partial charge in [0.25, 0.3) is 0 Å². The summed E-state index contributed by atoms with van der Waals surface area (Å²) in [4.78, 5) is 11.7. The van der Waals surface area contributed by atoms with E-state index in [4.69, 9.17) is 5.73 Å². The molecule has 6 nitrogen and oxygen atoms in total. The molecular weight excluding hydrogens is 226 g/mol. The van der Waals surface area contributed by atoms with Crippen LogP contribution in [0.4, 0.5) is 5.13 Å². The number of carbonyl (C=O) groups is 1. The van der Waals surface area contributed by atoms with Crippen LogP contribution in [0.15, 0.2) is 30.3 Å². The van der Waals surface area contributed by atoms with Crippen LogP contribution in [0.3, 0.4) is 0 Å². The van der Waals surface area contributed by atoms with Crippen molar-refractivity contribution in [1.82, 2.24) is 14.8 Å². The largest absolute Gasteiger partial charge is 0.316 e. The lowest BCUT2D eigenvalue weighted by atomic mass is 10.1. The molecule has 7 heteroatoms. The molecule has 0 saturated carbocycles. The molecule has 0 spiro atoms. The maximum atomic E-state index is 11.7. The second-order valence-corrected chi connectivity index (χ2v) is 3.78. The van der Waals surface area contributed by atoms with Crippen molar-refractivity contribution in [3.63, 3.8) is 0 Å². The number of nitrogens with zero attached hydrogens (tertiary/aromatic N) is 3. The Labute approximate surface area is 95.6 Å². The fourth-order valence-corrected chi connectivity index (χ4v) is 1.55. The average molecular weight is 235 g/mol. The lowest BCUT2D eigenvalue weighted by Gasteiger charge is -2.09. The first-order chi connectivity index (χ1) is 7.77. The summed E-state index contributed by atoms with van der Waals surface area (Å²) in [6, 6.07) is 8.39. The molecule has 0 bridgehead atoms. The Morgan fingerprint density at radius 1 is 1.38 bits per heavy atom. The highest BCUT2D eigenvalue weighted by Gasteiger charge is 2.16. The Hall–Kier alpha value is -1.86. The Kier molecular flexibility index (Phi) is 3.18. The normalized spacial score (nSPS) is 12.1. The van der Waals surface area contributed by atoms with E-state index < -0.39 is 6.04 Å². The Bertz CT molecular complexity index is 458. The smallest absolute Gasteiger partial charge is 0.247 e. The van der Waals surface area contributed by atoms with Gasteiger partial charge < -0.3 is 5.73 Å². The fraction of sp³-hybridized carbons (Fsp3) is 0.111. The molecule has 0 aliphatic rings. The van der Waals surface area contributed by atoms with Crippen molar-refractivity contribution in [1.29, 1.82) is 0 Å². The summed E-state index contributed by atoms with van der Waals surface area (Å²) in [5.41, 5.74) is 6.53. The lowest BCUT2D eigenvalue weighted by Crippen LogP contribution is -2.27. The molecule has 16 heavy (non-hydrogen) atoms. The number of carbonyl (C=O) groups excluding carboxylic acids is 1. The van der Waals surface area contributed by atoms with Crippen LogP contribution in [0.2, 0.25) is 0 Å². The van der Waals surface area contributed by atoms with E-state index in [1.165, 1.54) is 0 Å². The van der Waals surface area contributed by atoms with Crippen LogP contribution in [-0.4, -0.2) is 20.7 Å². The van der Waals surface area contributed by atoms with E-state index in [9.17, 15) is 4.79 Å². The molecule has 0 saturated heterocycles. The van der Waals surface area contributed by atoms with Crippen molar-refractivity contribution in [3.8, 4) is 0 Å². The third-order valence-electron chi connectivity index (χ3n) is 1.97. The molecule has 1 heterocycles. The monoisotopic (exact) mass is 235 g/mol. The van der Waals surface area contributed by atoms with Crippen LogP contribution < -0.4 is 11.1 Å². The van der Waals surface area contributed by atoms with Crippen molar-refractivity contribution in [2.75, 3.05) is 5.32 Å². The second kappa shape index (κ2) is 4.77. The number of amides is 1. The molecular formula is C9H9N5OS. The zero-order valence-corrected chi connectivity index (χ0v) is 9.02. The van der Waals surface area contributed by atoms with Gasteiger partial charge in [0.15, 0.2) is 0 Å². The standard InChI is InChI=1S/C9H9N5OS/c10-7(6-4-2-1-3-5-6)8(15)11-9-12-13-14-16-9/h1-5,7H,10H2,(H,11,12,14,15)/t7-/m1/s1. The van der Waals surface area contributed by atoms with Crippen LogP contribution in [-0.2, 0) is 4.79 Å². The quantitative estimate of drug-likeness (QED) is 0.811. The molecule has 0 aliphatic heterocycles. The van der Waals surface area contributed by atoms with Gasteiger partial charge in [0.05, 0.1) is 0 Å². The minimum Gasteiger partial charge on any atom is -0.316 e. The summed E-state index contributed by atoms with van der Waals surface area (Å²) in [5, 5.41) is 9.85. The molecule has 82 valence electrons. The SMILES string of the molecule is N[C@@H](C(=O)Nc1nnns1)c1ccccc1. The number of rotatable bonds is 3. The molecule has 1 atom stereocenters. The summed E-state index contributed by atoms with van der Waals surface area (Å²) in [7, 11) is 0. The maximum absolute atomic E-state index is 11.7. The van der Waals surface area contributed by atoms with Crippen LogP contribution in [0.25, 0.3) is 0 Å². The van der Waals surface area contributed by atoms with Gasteiger partial charge in [0.2, 0.25) is 11.0 Å². The van der Waals surface area contributed by atoms with E-state index in [-0.39, 0.29) is 5.91 Å². The highest BCUT2D eigenvalue weighted by molar-refractivity contribution is 7.09. The van der Waals surface area contributed by atoms with Crippen molar-refractivity contribution in [2.24, 2.45) is 5.73 Å². The molecule has 1 aromatic heterocycles. The molecule has 2 rings (SSSR count). The Morgan fingerprint density at radius 2 is 2.12 bits per heavy atom. The van der Waals surface area contributed by atoms with Gasteiger partial charge in [0, 0.05) is 11.5 Å². The van der Waals surface area contributed by atoms with Gasteiger partial charge in [-0.15, -0.1) is 0 Å². The van der Waals surface area contributed by atoms with Crippen molar-refractivity contribution in [2.45, 2.75) is 6.04 Å². The topological polar surface area (TPSA) is 93.8 Å². The first-order valence-electron chi connectivity index (χ1n) is 4.54. The van der Waals surface area contributed by atoms with E-state index >= 15 is 0 Å². The summed E-state index contributed by atoms with van der Waals surface area (Å²) in [6.45, 7) is 0. The average Bonchev–Trinajstić information content (AvgIpc) is 2.82. The molecule has 0 unspecified atom stereocenters. The number of nitrogens with one attached hydrogen (secondary N) is 1. The Morgan fingerprint density at radius 3 is 2.75 bits per heavy atom. The van der Waals surface area contributed by atoms with Gasteiger partial charge in [-0.25, -0.2) is 0 Å². The highest BCUT2D eigenvalue weighted by Crippen LogP contribution is 2.13. The van der Waals surface area contributed by atoms with E-state index in [2.05, 4.69) is 20.1 Å². The molecule has 0 fully saturated rings. The molecule has 0 aliphatic carbocycles. The first-order valence-corrected chi connectivity index (χ1v) is 5.31. The van der Waals surface area contributed by atoms with Gasteiger partial charge in [-0.1, -0.05) is 39.9 Å². The van der Waals surface area contributed by atoms with Crippen LogP contribution >= 0.6 is 11.5 Å². The van der Waals surface area contributed by atoms with E-state index in [0.717, 1.165) is 17.1 Å². The minimum absolute atomic E-state index is 0.329. The minimum atomic E-state index is -0.718. The van der Waals surface area contributed by atoms with Gasteiger partial charge in [-0.2, -0.15) is 0 Å². The number of anilines is 1. The molecule has 0 radical (unpaired) electrons. The summed E-state index contributed by atoms with van der Waals surface area (Å²) in [6.07, 6.45) is 0. The highest BCUT2D eigenvalue weighted by atomic mass is 32.1. The number of hydrogen-bond acceptors (Lipinski definition) is 6. The summed E-state index contributed by atoms with van der Waals surface area (Å²) >= 11 is 1.00. The van der Waals surface area contributed by atoms with Crippen LogP contribution in [0.5, 0.6) is 0 Å². The van der Waals surface area contributed by atoms with Gasteiger partial charge in [0.1, 0.15) is 6.04 Å². The van der Waals surface area contributed by atoms with E-state index in [0.29, 0.717) is 5.13 Å². The number of benzene rings is 1. The molecule has 1 aromatic carbocycles. The van der Waals surface area contributed by atoms with Crippen LogP contribution in [0.1, 0.15) is 11.6 Å². The second-order valence-electron chi connectivity index (χ2n) is 3.05. The lowest BCUT2D eigenvalue weighted by molar-refractivity contribution is -0.117. The van der Waals surface area contributed by atoms with Gasteiger partial charge in [-0.3, -0.25) is 10.1 Å². The number of hydrogen-bond donors (Lipinski definition) is 2. The molecule has 3 N–H and O–H groups in total. The maximum Gasteiger partial charge on any atom is 0.247 e. The third kappa shape index (κ3) is 2.38. The van der Waals surface area contributed by atoms with Gasteiger partial charge >= 0.3 is 0 Å². The predicted octanol–water partition coefficient (Wildman–Crippen LogP) is 0.572. The first kappa shape index (κ1) is 10.7. The van der Waals surface area contributed by atoms with Crippen molar-refractivity contribution >= 4 is 22.6 Å². The number of nitrogens with two attached hydrogens (primary N) is 1. The zero-order valence-electron chi connectivity index (χ0n) is 8.20. The van der Waals surface area contributed by atoms with E-state index in [1.807, 2.05) is 18.2 Å². The predicted molar refractivity (Wildman–Crippen MR) is 59.7 cm³/mol. The molecule has 1 amide bonds. The van der Waals surface area contributed by atoms with Crippen LogP contribution in [0, 0.1) is 0 Å². The molecule has 2 aromatic rings. The van der Waals surface area contributed by atoms with Crippen molar-refractivity contribution in [3.05, 3.63) is 35.9 Å². The van der Waals surface area contributed by atoms with Gasteiger partial charge in [-0.05, 0) is 10.8 Å². The summed E-state index contributed by atoms with van der Waals surface area (Å²) in [5.74, 6) is -0.329. The third-order valence-corrected chi connectivity index (χ3v) is 2.48.